The number of sulfonamides is 1. The number of fused-ring (bicyclic) bond motifs is 1. The molecule has 2 N–H and O–H groups in total. The number of hydrogen-bond acceptors (Lipinski definition) is 4. The molecule has 1 aromatic rings. The number of rotatable bonds is 8. The van der Waals surface area contributed by atoms with E-state index in [0.717, 1.165) is 37.1 Å². The molecule has 1 aromatic carbocycles. The van der Waals surface area contributed by atoms with Gasteiger partial charge in [0.15, 0.2) is 0 Å². The van der Waals surface area contributed by atoms with E-state index < -0.39 is 10.0 Å². The van der Waals surface area contributed by atoms with Crippen molar-refractivity contribution in [1.82, 2.24) is 4.72 Å². The summed E-state index contributed by atoms with van der Waals surface area (Å²) in [5.41, 5.74) is 2.10. The van der Waals surface area contributed by atoms with Crippen LogP contribution in [0.3, 0.4) is 0 Å². The van der Waals surface area contributed by atoms with E-state index >= 15 is 0 Å². The Bertz CT molecular complexity index is 585. The topological polar surface area (TPSA) is 67.4 Å². The molecular weight excluding hydrogens is 288 g/mol. The van der Waals surface area contributed by atoms with E-state index in [-0.39, 0.29) is 6.54 Å². The summed E-state index contributed by atoms with van der Waals surface area (Å²) in [4.78, 5) is 0.316. The first-order valence-corrected chi connectivity index (χ1v) is 8.67. The van der Waals surface area contributed by atoms with Crippen molar-refractivity contribution in [2.24, 2.45) is 0 Å². The molecule has 0 saturated carbocycles. The molecule has 6 heteroatoms. The third-order valence-electron chi connectivity index (χ3n) is 3.33. The highest BCUT2D eigenvalue weighted by molar-refractivity contribution is 7.89. The molecule has 0 fully saturated rings. The number of ether oxygens (including phenoxy) is 1. The molecule has 0 atom stereocenters. The molecular formula is C15H22N2O3S. The molecule has 0 aromatic heterocycles. The quantitative estimate of drug-likeness (QED) is 0.568. The van der Waals surface area contributed by atoms with Crippen LogP contribution >= 0.6 is 0 Å². The normalized spacial score (nSPS) is 14.3. The van der Waals surface area contributed by atoms with E-state index in [1.54, 1.807) is 18.2 Å². The third kappa shape index (κ3) is 4.56. The van der Waals surface area contributed by atoms with E-state index in [9.17, 15) is 8.42 Å². The van der Waals surface area contributed by atoms with Gasteiger partial charge in [0.1, 0.15) is 0 Å². The number of aryl methyl sites for hydroxylation is 1. The summed E-state index contributed by atoms with van der Waals surface area (Å²) >= 11 is 0. The zero-order valence-corrected chi connectivity index (χ0v) is 12.9. The minimum atomic E-state index is -3.46. The largest absolute Gasteiger partial charge is 0.385 e. The Kier molecular flexibility index (Phi) is 5.78. The molecule has 1 aliphatic rings. The average molecular weight is 310 g/mol. The second kappa shape index (κ2) is 7.59. The van der Waals surface area contributed by atoms with E-state index in [1.807, 2.05) is 6.07 Å². The molecule has 2 rings (SSSR count). The lowest BCUT2D eigenvalue weighted by Crippen LogP contribution is -2.28. The van der Waals surface area contributed by atoms with Crippen molar-refractivity contribution in [3.8, 4) is 0 Å². The van der Waals surface area contributed by atoms with Gasteiger partial charge < -0.3 is 10.1 Å². The third-order valence-corrected chi connectivity index (χ3v) is 4.79. The van der Waals surface area contributed by atoms with E-state index in [4.69, 9.17) is 4.74 Å². The minimum absolute atomic E-state index is 0.273. The van der Waals surface area contributed by atoms with Gasteiger partial charge in [-0.15, -0.1) is 6.58 Å². The second-order valence-electron chi connectivity index (χ2n) is 4.94. The maximum Gasteiger partial charge on any atom is 0.240 e. The van der Waals surface area contributed by atoms with Gasteiger partial charge in [0.25, 0.3) is 0 Å². The van der Waals surface area contributed by atoms with Gasteiger partial charge in [-0.05, 0) is 43.0 Å². The van der Waals surface area contributed by atoms with E-state index in [2.05, 4.69) is 16.6 Å². The Balaban J connectivity index is 1.91. The van der Waals surface area contributed by atoms with Gasteiger partial charge in [0, 0.05) is 18.8 Å². The molecule has 21 heavy (non-hydrogen) atoms. The van der Waals surface area contributed by atoms with Crippen molar-refractivity contribution in [3.63, 3.8) is 0 Å². The van der Waals surface area contributed by atoms with Gasteiger partial charge in [-0.1, -0.05) is 6.08 Å². The van der Waals surface area contributed by atoms with Crippen molar-refractivity contribution in [3.05, 3.63) is 36.4 Å². The Morgan fingerprint density at radius 3 is 3.05 bits per heavy atom. The van der Waals surface area contributed by atoms with Crippen molar-refractivity contribution in [2.75, 3.05) is 31.6 Å². The Hall–Kier alpha value is -1.37. The molecule has 0 aliphatic carbocycles. The number of benzene rings is 1. The maximum absolute atomic E-state index is 12.2. The monoisotopic (exact) mass is 310 g/mol. The average Bonchev–Trinajstić information content (AvgIpc) is 2.50. The van der Waals surface area contributed by atoms with Crippen LogP contribution in [-0.2, 0) is 21.2 Å². The Morgan fingerprint density at radius 2 is 2.24 bits per heavy atom. The summed E-state index contributed by atoms with van der Waals surface area (Å²) < 4.78 is 32.3. The lowest BCUT2D eigenvalue weighted by atomic mass is 10.0. The van der Waals surface area contributed by atoms with Crippen LogP contribution in [0.4, 0.5) is 5.69 Å². The molecule has 0 radical (unpaired) electrons. The first kappa shape index (κ1) is 16.0. The highest BCUT2D eigenvalue weighted by Crippen LogP contribution is 2.24. The zero-order valence-electron chi connectivity index (χ0n) is 12.1. The Labute approximate surface area is 126 Å². The number of hydrogen-bond donors (Lipinski definition) is 2. The molecule has 0 bridgehead atoms. The van der Waals surface area contributed by atoms with Gasteiger partial charge in [0.2, 0.25) is 10.0 Å². The van der Waals surface area contributed by atoms with Gasteiger partial charge >= 0.3 is 0 Å². The first-order chi connectivity index (χ1) is 10.1. The van der Waals surface area contributed by atoms with Crippen molar-refractivity contribution < 1.29 is 13.2 Å². The van der Waals surface area contributed by atoms with Gasteiger partial charge in [-0.2, -0.15) is 0 Å². The van der Waals surface area contributed by atoms with Crippen molar-refractivity contribution >= 4 is 15.7 Å². The fraction of sp³-hybridized carbons (Fsp3) is 0.467. The smallest absolute Gasteiger partial charge is 0.240 e. The molecule has 0 unspecified atom stereocenters. The van der Waals surface area contributed by atoms with Gasteiger partial charge in [-0.25, -0.2) is 13.1 Å². The molecule has 116 valence electrons. The lowest BCUT2D eigenvalue weighted by molar-refractivity contribution is 0.144. The summed E-state index contributed by atoms with van der Waals surface area (Å²) in [5, 5.41) is 3.27. The van der Waals surface area contributed by atoms with Crippen LogP contribution < -0.4 is 10.0 Å². The highest BCUT2D eigenvalue weighted by atomic mass is 32.2. The SMILES string of the molecule is C=CCCOCCNS(=O)(=O)c1ccc2c(c1)CCCN2. The second-order valence-corrected chi connectivity index (χ2v) is 6.70. The zero-order chi connectivity index (χ0) is 15.1. The summed E-state index contributed by atoms with van der Waals surface area (Å²) in [6.45, 7) is 5.74. The molecule has 0 amide bonds. The van der Waals surface area contributed by atoms with Crippen LogP contribution in [0.1, 0.15) is 18.4 Å². The predicted molar refractivity (Wildman–Crippen MR) is 84.1 cm³/mol. The predicted octanol–water partition coefficient (Wildman–Crippen LogP) is 1.92. The molecule has 0 spiro atoms. The van der Waals surface area contributed by atoms with Crippen LogP contribution in [0.5, 0.6) is 0 Å². The van der Waals surface area contributed by atoms with E-state index in [0.29, 0.717) is 18.1 Å². The molecule has 1 heterocycles. The minimum Gasteiger partial charge on any atom is -0.385 e. The highest BCUT2D eigenvalue weighted by Gasteiger charge is 2.16. The standard InChI is InChI=1S/C15H22N2O3S/c1-2-3-10-20-11-9-17-21(18,19)14-6-7-15-13(12-14)5-4-8-16-15/h2,6-7,12,16-17H,1,3-5,8-11H2. The van der Waals surface area contributed by atoms with Crippen LogP contribution in [0.2, 0.25) is 0 Å². The van der Waals surface area contributed by atoms with Crippen LogP contribution in [0.15, 0.2) is 35.7 Å². The molecule has 0 saturated heterocycles. The number of nitrogens with one attached hydrogen (secondary N) is 2. The number of anilines is 1. The summed E-state index contributed by atoms with van der Waals surface area (Å²) in [6, 6.07) is 5.23. The van der Waals surface area contributed by atoms with Gasteiger partial charge in [0.05, 0.1) is 18.1 Å². The summed E-state index contributed by atoms with van der Waals surface area (Å²) in [6.07, 6.45) is 4.48. The first-order valence-electron chi connectivity index (χ1n) is 7.18. The lowest BCUT2D eigenvalue weighted by Gasteiger charge is -2.18. The van der Waals surface area contributed by atoms with Crippen LogP contribution in [0, 0.1) is 0 Å². The van der Waals surface area contributed by atoms with Gasteiger partial charge in [-0.3, -0.25) is 0 Å². The van der Waals surface area contributed by atoms with E-state index in [1.165, 1.54) is 0 Å². The summed E-state index contributed by atoms with van der Waals surface area (Å²) in [5.74, 6) is 0. The van der Waals surface area contributed by atoms with Crippen LogP contribution in [-0.4, -0.2) is 34.7 Å². The fourth-order valence-electron chi connectivity index (χ4n) is 2.22. The maximum atomic E-state index is 12.2. The van der Waals surface area contributed by atoms with Crippen molar-refractivity contribution in [2.45, 2.75) is 24.2 Å². The van der Waals surface area contributed by atoms with Crippen LogP contribution in [0.25, 0.3) is 0 Å². The molecule has 5 nitrogen and oxygen atoms in total. The Morgan fingerprint density at radius 1 is 1.38 bits per heavy atom. The van der Waals surface area contributed by atoms with Crippen molar-refractivity contribution in [1.29, 1.82) is 0 Å². The fourth-order valence-corrected chi connectivity index (χ4v) is 3.28. The summed E-state index contributed by atoms with van der Waals surface area (Å²) in [7, 11) is -3.46. The molecule has 1 aliphatic heterocycles.